The van der Waals surface area contributed by atoms with Crippen molar-refractivity contribution in [1.29, 1.82) is 0 Å². The SMILES string of the molecule is C=CC(=O)c1cc(C)ccc1OCC. The lowest BCUT2D eigenvalue weighted by Crippen LogP contribution is -2.01. The average molecular weight is 190 g/mol. The molecular weight excluding hydrogens is 176 g/mol. The van der Waals surface area contributed by atoms with Crippen molar-refractivity contribution in [3.8, 4) is 5.75 Å². The molecule has 0 unspecified atom stereocenters. The Labute approximate surface area is 84.2 Å². The summed E-state index contributed by atoms with van der Waals surface area (Å²) in [6.45, 7) is 7.85. The van der Waals surface area contributed by atoms with E-state index in [1.807, 2.05) is 32.0 Å². The van der Waals surface area contributed by atoms with Crippen LogP contribution in [0.3, 0.4) is 0 Å². The third kappa shape index (κ3) is 2.22. The van der Waals surface area contributed by atoms with Crippen LogP contribution in [0.1, 0.15) is 22.8 Å². The first-order valence-electron chi connectivity index (χ1n) is 4.59. The van der Waals surface area contributed by atoms with E-state index >= 15 is 0 Å². The molecule has 0 bridgehead atoms. The molecule has 0 heterocycles. The molecule has 14 heavy (non-hydrogen) atoms. The van der Waals surface area contributed by atoms with Crippen molar-refractivity contribution in [3.05, 3.63) is 42.0 Å². The summed E-state index contributed by atoms with van der Waals surface area (Å²) in [4.78, 5) is 11.5. The number of hydrogen-bond acceptors (Lipinski definition) is 2. The van der Waals surface area contributed by atoms with Gasteiger partial charge in [-0.15, -0.1) is 0 Å². The molecule has 1 rings (SSSR count). The van der Waals surface area contributed by atoms with Gasteiger partial charge < -0.3 is 4.74 Å². The Balaban J connectivity index is 3.14. The summed E-state index contributed by atoms with van der Waals surface area (Å²) >= 11 is 0. The lowest BCUT2D eigenvalue weighted by atomic mass is 10.1. The fraction of sp³-hybridized carbons (Fsp3) is 0.250. The molecule has 0 fully saturated rings. The number of carbonyl (C=O) groups excluding carboxylic acids is 1. The summed E-state index contributed by atoms with van der Waals surface area (Å²) in [6, 6.07) is 5.55. The van der Waals surface area contributed by atoms with E-state index in [1.54, 1.807) is 0 Å². The van der Waals surface area contributed by atoms with Crippen LogP contribution in [0.15, 0.2) is 30.9 Å². The minimum Gasteiger partial charge on any atom is -0.493 e. The molecule has 1 aromatic carbocycles. The molecule has 0 atom stereocenters. The van der Waals surface area contributed by atoms with Gasteiger partial charge in [0.25, 0.3) is 0 Å². The highest BCUT2D eigenvalue weighted by Gasteiger charge is 2.08. The third-order valence-corrected chi connectivity index (χ3v) is 1.89. The van der Waals surface area contributed by atoms with Crippen LogP contribution in [0.5, 0.6) is 5.75 Å². The van der Waals surface area contributed by atoms with Gasteiger partial charge in [0, 0.05) is 0 Å². The summed E-state index contributed by atoms with van der Waals surface area (Å²) in [5, 5.41) is 0. The molecule has 0 amide bonds. The molecule has 0 aliphatic heterocycles. The third-order valence-electron chi connectivity index (χ3n) is 1.89. The van der Waals surface area contributed by atoms with Gasteiger partial charge in [-0.25, -0.2) is 0 Å². The number of ketones is 1. The maximum atomic E-state index is 11.5. The lowest BCUT2D eigenvalue weighted by molar-refractivity contribution is 0.104. The van der Waals surface area contributed by atoms with Gasteiger partial charge in [-0.2, -0.15) is 0 Å². The summed E-state index contributed by atoms with van der Waals surface area (Å²) in [7, 11) is 0. The van der Waals surface area contributed by atoms with Crippen LogP contribution in [-0.4, -0.2) is 12.4 Å². The number of ether oxygens (including phenoxy) is 1. The summed E-state index contributed by atoms with van der Waals surface area (Å²) in [6.07, 6.45) is 1.30. The average Bonchev–Trinajstić information content (AvgIpc) is 2.20. The van der Waals surface area contributed by atoms with Gasteiger partial charge in [-0.3, -0.25) is 4.79 Å². The van der Waals surface area contributed by atoms with Crippen molar-refractivity contribution in [2.75, 3.05) is 6.61 Å². The van der Waals surface area contributed by atoms with Crippen LogP contribution in [0, 0.1) is 6.92 Å². The Morgan fingerprint density at radius 2 is 2.29 bits per heavy atom. The maximum Gasteiger partial charge on any atom is 0.188 e. The van der Waals surface area contributed by atoms with Crippen molar-refractivity contribution < 1.29 is 9.53 Å². The summed E-state index contributed by atoms with van der Waals surface area (Å²) < 4.78 is 5.35. The molecule has 0 aliphatic rings. The molecule has 0 N–H and O–H groups in total. The highest BCUT2D eigenvalue weighted by atomic mass is 16.5. The van der Waals surface area contributed by atoms with E-state index < -0.39 is 0 Å². The topological polar surface area (TPSA) is 26.3 Å². The lowest BCUT2D eigenvalue weighted by Gasteiger charge is -2.08. The molecular formula is C12H14O2. The van der Waals surface area contributed by atoms with Crippen molar-refractivity contribution >= 4 is 5.78 Å². The number of carbonyl (C=O) groups is 1. The smallest absolute Gasteiger partial charge is 0.188 e. The van der Waals surface area contributed by atoms with Crippen molar-refractivity contribution in [1.82, 2.24) is 0 Å². The Bertz CT molecular complexity index is 353. The molecule has 0 aliphatic carbocycles. The van der Waals surface area contributed by atoms with E-state index in [0.29, 0.717) is 17.9 Å². The van der Waals surface area contributed by atoms with Crippen LogP contribution < -0.4 is 4.74 Å². The minimum absolute atomic E-state index is 0.0999. The Morgan fingerprint density at radius 3 is 2.86 bits per heavy atom. The van der Waals surface area contributed by atoms with Crippen molar-refractivity contribution in [2.45, 2.75) is 13.8 Å². The first-order chi connectivity index (χ1) is 6.69. The van der Waals surface area contributed by atoms with Crippen LogP contribution >= 0.6 is 0 Å². The van der Waals surface area contributed by atoms with E-state index in [1.165, 1.54) is 6.08 Å². The van der Waals surface area contributed by atoms with Crippen LogP contribution in [0.4, 0.5) is 0 Å². The second kappa shape index (κ2) is 4.61. The van der Waals surface area contributed by atoms with E-state index in [-0.39, 0.29) is 5.78 Å². The first kappa shape index (κ1) is 10.5. The predicted molar refractivity (Wildman–Crippen MR) is 56.9 cm³/mol. The standard InChI is InChI=1S/C12H14O2/c1-4-11(13)10-8-9(3)6-7-12(10)14-5-2/h4,6-8H,1,5H2,2-3H3. The molecule has 0 saturated heterocycles. The second-order valence-electron chi connectivity index (χ2n) is 3.00. The number of allylic oxidation sites excluding steroid dienone is 1. The number of aryl methyl sites for hydroxylation is 1. The number of benzene rings is 1. The highest BCUT2D eigenvalue weighted by Crippen LogP contribution is 2.20. The zero-order valence-electron chi connectivity index (χ0n) is 8.54. The monoisotopic (exact) mass is 190 g/mol. The highest BCUT2D eigenvalue weighted by molar-refractivity contribution is 6.06. The van der Waals surface area contributed by atoms with E-state index in [4.69, 9.17) is 4.74 Å². The second-order valence-corrected chi connectivity index (χ2v) is 3.00. The fourth-order valence-electron chi connectivity index (χ4n) is 1.23. The fourth-order valence-corrected chi connectivity index (χ4v) is 1.23. The van der Waals surface area contributed by atoms with E-state index in [9.17, 15) is 4.79 Å². The van der Waals surface area contributed by atoms with Gasteiger partial charge in [0.15, 0.2) is 5.78 Å². The van der Waals surface area contributed by atoms with Crippen molar-refractivity contribution in [2.24, 2.45) is 0 Å². The molecule has 0 saturated carbocycles. The molecule has 0 radical (unpaired) electrons. The molecule has 74 valence electrons. The largest absolute Gasteiger partial charge is 0.493 e. The number of hydrogen-bond donors (Lipinski definition) is 0. The zero-order chi connectivity index (χ0) is 10.6. The Morgan fingerprint density at radius 1 is 1.57 bits per heavy atom. The molecule has 0 spiro atoms. The van der Waals surface area contributed by atoms with E-state index in [0.717, 1.165) is 5.56 Å². The maximum absolute atomic E-state index is 11.5. The van der Waals surface area contributed by atoms with Gasteiger partial charge >= 0.3 is 0 Å². The first-order valence-corrected chi connectivity index (χ1v) is 4.59. The molecule has 2 nitrogen and oxygen atoms in total. The van der Waals surface area contributed by atoms with Crippen molar-refractivity contribution in [3.63, 3.8) is 0 Å². The zero-order valence-corrected chi connectivity index (χ0v) is 8.54. The quantitative estimate of drug-likeness (QED) is 0.539. The van der Waals surface area contributed by atoms with Crippen LogP contribution in [0.25, 0.3) is 0 Å². The molecule has 0 aromatic heterocycles. The van der Waals surface area contributed by atoms with Gasteiger partial charge in [0.1, 0.15) is 5.75 Å². The molecule has 1 aromatic rings. The van der Waals surface area contributed by atoms with E-state index in [2.05, 4.69) is 6.58 Å². The normalized spacial score (nSPS) is 9.57. The van der Waals surface area contributed by atoms with Gasteiger partial charge in [0.05, 0.1) is 12.2 Å². The summed E-state index contributed by atoms with van der Waals surface area (Å²) in [5.41, 5.74) is 1.63. The number of rotatable bonds is 4. The Kier molecular flexibility index (Phi) is 3.46. The van der Waals surface area contributed by atoms with Gasteiger partial charge in [0.2, 0.25) is 0 Å². The van der Waals surface area contributed by atoms with Crippen LogP contribution in [-0.2, 0) is 0 Å². The van der Waals surface area contributed by atoms with Crippen LogP contribution in [0.2, 0.25) is 0 Å². The molecule has 2 heteroatoms. The minimum atomic E-state index is -0.0999. The summed E-state index contributed by atoms with van der Waals surface area (Å²) in [5.74, 6) is 0.528. The van der Waals surface area contributed by atoms with Gasteiger partial charge in [-0.05, 0) is 32.1 Å². The Hall–Kier alpha value is -1.57. The predicted octanol–water partition coefficient (Wildman–Crippen LogP) is 2.76. The van der Waals surface area contributed by atoms with Gasteiger partial charge in [-0.1, -0.05) is 18.2 Å².